The molecule has 31 heavy (non-hydrogen) atoms. The van der Waals surface area contributed by atoms with Crippen molar-refractivity contribution in [2.24, 2.45) is 0 Å². The number of methoxy groups -OCH3 is 3. The van der Waals surface area contributed by atoms with Crippen molar-refractivity contribution in [3.63, 3.8) is 0 Å². The number of hydrogen-bond donors (Lipinski definition) is 1. The summed E-state index contributed by atoms with van der Waals surface area (Å²) in [5, 5.41) is 13.3. The normalized spacial score (nSPS) is 16.1. The molecule has 1 saturated heterocycles. The lowest BCUT2D eigenvalue weighted by molar-refractivity contribution is 0.187. The lowest BCUT2D eigenvalue weighted by Gasteiger charge is -2.31. The van der Waals surface area contributed by atoms with Gasteiger partial charge in [-0.15, -0.1) is 21.5 Å². The van der Waals surface area contributed by atoms with Crippen molar-refractivity contribution in [3.8, 4) is 28.0 Å². The predicted molar refractivity (Wildman–Crippen MR) is 116 cm³/mol. The molecule has 2 amide bonds. The highest BCUT2D eigenvalue weighted by molar-refractivity contribution is 7.13. The number of piperidine rings is 1. The summed E-state index contributed by atoms with van der Waals surface area (Å²) in [4.78, 5) is 15.6. The summed E-state index contributed by atoms with van der Waals surface area (Å²) in [6.45, 7) is 1.15. The van der Waals surface area contributed by atoms with E-state index >= 15 is 0 Å². The van der Waals surface area contributed by atoms with Crippen LogP contribution in [0, 0.1) is 0 Å². The highest BCUT2D eigenvalue weighted by Gasteiger charge is 2.29. The first kappa shape index (κ1) is 21.0. The number of amides is 2. The van der Waals surface area contributed by atoms with Gasteiger partial charge >= 0.3 is 6.03 Å². The van der Waals surface area contributed by atoms with Crippen LogP contribution in [-0.2, 0) is 0 Å². The van der Waals surface area contributed by atoms with E-state index in [2.05, 4.69) is 15.5 Å². The number of hydrogen-bond acceptors (Lipinski definition) is 8. The van der Waals surface area contributed by atoms with Crippen molar-refractivity contribution in [2.75, 3.05) is 39.7 Å². The van der Waals surface area contributed by atoms with Crippen LogP contribution in [0.4, 0.5) is 10.5 Å². The van der Waals surface area contributed by atoms with E-state index in [1.54, 1.807) is 28.4 Å². The number of ether oxygens (including phenoxy) is 3. The van der Waals surface area contributed by atoms with E-state index in [4.69, 9.17) is 18.6 Å². The number of anilines is 1. The number of carbonyl (C=O) groups is 1. The van der Waals surface area contributed by atoms with Crippen LogP contribution >= 0.6 is 11.3 Å². The van der Waals surface area contributed by atoms with Crippen molar-refractivity contribution in [1.82, 2.24) is 15.1 Å². The molecule has 0 bridgehead atoms. The number of rotatable bonds is 6. The van der Waals surface area contributed by atoms with Gasteiger partial charge in [0.2, 0.25) is 11.6 Å². The molecule has 3 aromatic rings. The monoisotopic (exact) mass is 444 g/mol. The maximum absolute atomic E-state index is 12.9. The van der Waals surface area contributed by atoms with E-state index < -0.39 is 0 Å². The summed E-state index contributed by atoms with van der Waals surface area (Å²) >= 11 is 1.55. The molecule has 0 spiro atoms. The minimum absolute atomic E-state index is 0.000604. The van der Waals surface area contributed by atoms with Gasteiger partial charge in [-0.2, -0.15) is 0 Å². The standard InChI is InChI=1S/C21H24N4O5S/c1-27-15-10-14(11-16(28-2)18(15)29-3)22-21(26)25-8-4-6-13(12-25)19-23-24-20(30-19)17-7-5-9-31-17/h5,7,9-11,13H,4,6,8,12H2,1-3H3,(H,22,26). The fourth-order valence-electron chi connectivity index (χ4n) is 3.62. The molecular formula is C21H24N4O5S. The molecule has 0 saturated carbocycles. The highest BCUT2D eigenvalue weighted by Crippen LogP contribution is 2.40. The first-order valence-corrected chi connectivity index (χ1v) is 10.7. The average molecular weight is 445 g/mol. The molecule has 2 aromatic heterocycles. The zero-order valence-corrected chi connectivity index (χ0v) is 18.4. The van der Waals surface area contributed by atoms with Crippen molar-refractivity contribution >= 4 is 23.1 Å². The van der Waals surface area contributed by atoms with Crippen molar-refractivity contribution in [2.45, 2.75) is 18.8 Å². The number of urea groups is 1. The Morgan fingerprint density at radius 1 is 1.19 bits per heavy atom. The third-order valence-electron chi connectivity index (χ3n) is 5.15. The van der Waals surface area contributed by atoms with Crippen LogP contribution in [0.1, 0.15) is 24.7 Å². The summed E-state index contributed by atoms with van der Waals surface area (Å²) in [7, 11) is 4.60. The Morgan fingerprint density at radius 2 is 1.97 bits per heavy atom. The second-order valence-corrected chi connectivity index (χ2v) is 8.00. The summed E-state index contributed by atoms with van der Waals surface area (Å²) in [5.41, 5.74) is 0.555. The molecule has 1 aliphatic rings. The Balaban J connectivity index is 1.46. The lowest BCUT2D eigenvalue weighted by Crippen LogP contribution is -2.41. The van der Waals surface area contributed by atoms with Gasteiger partial charge in [0.15, 0.2) is 11.5 Å². The third-order valence-corrected chi connectivity index (χ3v) is 6.00. The van der Waals surface area contributed by atoms with Gasteiger partial charge in [-0.3, -0.25) is 0 Å². The molecule has 164 valence electrons. The van der Waals surface area contributed by atoms with Gasteiger partial charge in [-0.25, -0.2) is 4.79 Å². The average Bonchev–Trinajstić information content (AvgIpc) is 3.50. The molecule has 1 N–H and O–H groups in total. The maximum atomic E-state index is 12.9. The zero-order valence-electron chi connectivity index (χ0n) is 17.6. The quantitative estimate of drug-likeness (QED) is 0.607. The first-order valence-electron chi connectivity index (χ1n) is 9.86. The maximum Gasteiger partial charge on any atom is 0.321 e. The Labute approximate surface area is 183 Å². The van der Waals surface area contributed by atoms with Crippen LogP contribution in [0.25, 0.3) is 10.8 Å². The molecule has 10 heteroatoms. The van der Waals surface area contributed by atoms with E-state index in [-0.39, 0.29) is 11.9 Å². The van der Waals surface area contributed by atoms with Crippen LogP contribution in [0.3, 0.4) is 0 Å². The minimum Gasteiger partial charge on any atom is -0.493 e. The molecule has 1 aromatic carbocycles. The second-order valence-electron chi connectivity index (χ2n) is 7.05. The number of aromatic nitrogens is 2. The summed E-state index contributed by atoms with van der Waals surface area (Å²) in [6, 6.07) is 7.08. The summed E-state index contributed by atoms with van der Waals surface area (Å²) in [5.74, 6) is 2.50. The molecule has 4 rings (SSSR count). The fourth-order valence-corrected chi connectivity index (χ4v) is 4.26. The predicted octanol–water partition coefficient (Wildman–Crippen LogP) is 4.24. The molecule has 1 aliphatic heterocycles. The number of benzene rings is 1. The molecule has 9 nitrogen and oxygen atoms in total. The third kappa shape index (κ3) is 4.43. The lowest BCUT2D eigenvalue weighted by atomic mass is 9.98. The number of likely N-dealkylation sites (tertiary alicyclic amines) is 1. The number of nitrogens with one attached hydrogen (secondary N) is 1. The Kier molecular flexibility index (Phi) is 6.26. The van der Waals surface area contributed by atoms with Crippen LogP contribution in [0.5, 0.6) is 17.2 Å². The highest BCUT2D eigenvalue weighted by atomic mass is 32.1. The van der Waals surface area contributed by atoms with Gasteiger partial charge in [-0.1, -0.05) is 6.07 Å². The van der Waals surface area contributed by atoms with Crippen molar-refractivity contribution in [3.05, 3.63) is 35.5 Å². The summed E-state index contributed by atoms with van der Waals surface area (Å²) in [6.07, 6.45) is 1.74. The first-order chi connectivity index (χ1) is 15.1. The van der Waals surface area contributed by atoms with E-state index in [9.17, 15) is 4.79 Å². The SMILES string of the molecule is COc1cc(NC(=O)N2CCCC(c3nnc(-c4cccs4)o3)C2)cc(OC)c1OC. The molecular weight excluding hydrogens is 420 g/mol. The molecule has 1 atom stereocenters. The molecule has 1 unspecified atom stereocenters. The van der Waals surface area contributed by atoms with Gasteiger partial charge in [0.1, 0.15) is 0 Å². The van der Waals surface area contributed by atoms with Crippen LogP contribution in [0.15, 0.2) is 34.1 Å². The van der Waals surface area contributed by atoms with Crippen molar-refractivity contribution < 1.29 is 23.4 Å². The van der Waals surface area contributed by atoms with Gasteiger partial charge in [0.05, 0.1) is 37.8 Å². The molecule has 3 heterocycles. The fraction of sp³-hybridized carbons (Fsp3) is 0.381. The van der Waals surface area contributed by atoms with Gasteiger partial charge in [-0.05, 0) is 24.3 Å². The zero-order chi connectivity index (χ0) is 21.8. The number of carbonyl (C=O) groups excluding carboxylic acids is 1. The van der Waals surface area contributed by atoms with E-state index in [1.165, 1.54) is 21.3 Å². The van der Waals surface area contributed by atoms with Gasteiger partial charge < -0.3 is 28.8 Å². The molecule has 0 aliphatic carbocycles. The minimum atomic E-state index is -0.211. The van der Waals surface area contributed by atoms with Crippen molar-refractivity contribution in [1.29, 1.82) is 0 Å². The van der Waals surface area contributed by atoms with Gasteiger partial charge in [0, 0.05) is 25.2 Å². The number of nitrogens with zero attached hydrogens (tertiary/aromatic N) is 3. The second kappa shape index (κ2) is 9.25. The van der Waals surface area contributed by atoms with Crippen LogP contribution in [-0.4, -0.2) is 55.5 Å². The van der Waals surface area contributed by atoms with Crippen LogP contribution in [0.2, 0.25) is 0 Å². The molecule has 0 radical (unpaired) electrons. The number of thiophene rings is 1. The summed E-state index contributed by atoms with van der Waals surface area (Å²) < 4.78 is 21.9. The van der Waals surface area contributed by atoms with Crippen LogP contribution < -0.4 is 19.5 Å². The van der Waals surface area contributed by atoms with E-state index in [0.717, 1.165) is 17.7 Å². The largest absolute Gasteiger partial charge is 0.493 e. The smallest absolute Gasteiger partial charge is 0.321 e. The Bertz CT molecular complexity index is 1010. The van der Waals surface area contributed by atoms with Gasteiger partial charge in [0.25, 0.3) is 5.89 Å². The topological polar surface area (TPSA) is 99.0 Å². The van der Waals surface area contributed by atoms with E-state index in [0.29, 0.717) is 47.8 Å². The van der Waals surface area contributed by atoms with E-state index in [1.807, 2.05) is 17.5 Å². The Morgan fingerprint density at radius 3 is 2.61 bits per heavy atom. The molecule has 1 fully saturated rings. The Hall–Kier alpha value is -3.27.